The molecule has 1 saturated heterocycles. The molecular formula is C18H18N4O3. The summed E-state index contributed by atoms with van der Waals surface area (Å²) in [4.78, 5) is 32.7. The van der Waals surface area contributed by atoms with Gasteiger partial charge in [0.05, 0.1) is 5.52 Å². The van der Waals surface area contributed by atoms with Crippen molar-refractivity contribution in [1.29, 1.82) is 0 Å². The van der Waals surface area contributed by atoms with Gasteiger partial charge in [0.15, 0.2) is 5.58 Å². The topological polar surface area (TPSA) is 71.6 Å². The first-order valence-corrected chi connectivity index (χ1v) is 8.18. The average molecular weight is 338 g/mol. The Hall–Kier alpha value is -3.09. The van der Waals surface area contributed by atoms with E-state index >= 15 is 0 Å². The standard InChI is InChI=1S/C18H18N4O3/c1-20-14-6-5-13(12-15(14)25-18(20)24)17(23)22-10-8-21(9-11-22)16-4-2-3-7-19-16/h2-7,12H,8-11H2,1H3. The Balaban J connectivity index is 1.50. The summed E-state index contributed by atoms with van der Waals surface area (Å²) in [6.45, 7) is 2.75. The number of hydrogen-bond acceptors (Lipinski definition) is 5. The van der Waals surface area contributed by atoms with E-state index in [-0.39, 0.29) is 5.91 Å². The molecule has 0 N–H and O–H groups in total. The van der Waals surface area contributed by atoms with Crippen LogP contribution in [0.2, 0.25) is 0 Å². The summed E-state index contributed by atoms with van der Waals surface area (Å²) < 4.78 is 6.60. The van der Waals surface area contributed by atoms with E-state index in [9.17, 15) is 9.59 Å². The van der Waals surface area contributed by atoms with E-state index in [0.717, 1.165) is 18.9 Å². The lowest BCUT2D eigenvalue weighted by Crippen LogP contribution is -2.49. The molecule has 3 aromatic rings. The van der Waals surface area contributed by atoms with Crippen molar-refractivity contribution in [3.05, 3.63) is 58.7 Å². The van der Waals surface area contributed by atoms with Gasteiger partial charge in [-0.1, -0.05) is 6.07 Å². The van der Waals surface area contributed by atoms with Crippen molar-refractivity contribution in [2.24, 2.45) is 7.05 Å². The number of aryl methyl sites for hydroxylation is 1. The molecule has 7 heteroatoms. The van der Waals surface area contributed by atoms with Crippen LogP contribution in [0.3, 0.4) is 0 Å². The number of benzene rings is 1. The number of anilines is 1. The fraction of sp³-hybridized carbons (Fsp3) is 0.278. The number of nitrogens with zero attached hydrogens (tertiary/aromatic N) is 4. The molecule has 128 valence electrons. The highest BCUT2D eigenvalue weighted by atomic mass is 16.4. The van der Waals surface area contributed by atoms with Crippen molar-refractivity contribution in [3.63, 3.8) is 0 Å². The third-order valence-electron chi connectivity index (χ3n) is 4.58. The van der Waals surface area contributed by atoms with Gasteiger partial charge in [0.1, 0.15) is 5.82 Å². The zero-order valence-electron chi connectivity index (χ0n) is 13.9. The Morgan fingerprint density at radius 3 is 2.64 bits per heavy atom. The SMILES string of the molecule is Cn1c(=O)oc2cc(C(=O)N3CCN(c4ccccn4)CC3)ccc21. The van der Waals surface area contributed by atoms with E-state index in [1.54, 1.807) is 31.4 Å². The van der Waals surface area contributed by atoms with Crippen LogP contribution in [0, 0.1) is 0 Å². The van der Waals surface area contributed by atoms with Crippen LogP contribution in [-0.4, -0.2) is 46.5 Å². The summed E-state index contributed by atoms with van der Waals surface area (Å²) in [5.41, 5.74) is 1.65. The molecule has 25 heavy (non-hydrogen) atoms. The second-order valence-electron chi connectivity index (χ2n) is 6.08. The molecule has 0 atom stereocenters. The minimum Gasteiger partial charge on any atom is -0.408 e. The van der Waals surface area contributed by atoms with Gasteiger partial charge >= 0.3 is 5.76 Å². The summed E-state index contributed by atoms with van der Waals surface area (Å²) in [7, 11) is 1.65. The van der Waals surface area contributed by atoms with Crippen LogP contribution < -0.4 is 10.7 Å². The predicted octanol–water partition coefficient (Wildman–Crippen LogP) is 1.49. The van der Waals surface area contributed by atoms with Crippen LogP contribution in [-0.2, 0) is 7.05 Å². The zero-order chi connectivity index (χ0) is 17.4. The molecule has 1 fully saturated rings. The van der Waals surface area contributed by atoms with Crippen LogP contribution in [0.25, 0.3) is 11.1 Å². The maximum absolute atomic E-state index is 12.7. The number of carbonyl (C=O) groups excluding carboxylic acids is 1. The molecule has 0 spiro atoms. The lowest BCUT2D eigenvalue weighted by molar-refractivity contribution is 0.0746. The highest BCUT2D eigenvalue weighted by Crippen LogP contribution is 2.18. The molecule has 0 aliphatic carbocycles. The molecular weight excluding hydrogens is 320 g/mol. The summed E-state index contributed by atoms with van der Waals surface area (Å²) in [6.07, 6.45) is 1.77. The van der Waals surface area contributed by atoms with Gasteiger partial charge in [0.25, 0.3) is 5.91 Å². The van der Waals surface area contributed by atoms with Crippen molar-refractivity contribution in [3.8, 4) is 0 Å². The highest BCUT2D eigenvalue weighted by molar-refractivity contribution is 5.97. The van der Waals surface area contributed by atoms with Crippen molar-refractivity contribution in [2.45, 2.75) is 0 Å². The van der Waals surface area contributed by atoms with Gasteiger partial charge < -0.3 is 14.2 Å². The molecule has 0 saturated carbocycles. The first-order valence-electron chi connectivity index (χ1n) is 8.18. The number of piperazine rings is 1. The number of hydrogen-bond donors (Lipinski definition) is 0. The molecule has 0 unspecified atom stereocenters. The van der Waals surface area contributed by atoms with Crippen molar-refractivity contribution in [1.82, 2.24) is 14.5 Å². The lowest BCUT2D eigenvalue weighted by Gasteiger charge is -2.35. The zero-order valence-corrected chi connectivity index (χ0v) is 13.9. The summed E-state index contributed by atoms with van der Waals surface area (Å²) in [5.74, 6) is 0.458. The second kappa shape index (κ2) is 6.08. The molecule has 1 aliphatic heterocycles. The number of fused-ring (bicyclic) bond motifs is 1. The molecule has 1 amide bonds. The number of amides is 1. The molecule has 2 aromatic heterocycles. The summed E-state index contributed by atoms with van der Waals surface area (Å²) in [5, 5.41) is 0. The average Bonchev–Trinajstić information content (AvgIpc) is 2.95. The van der Waals surface area contributed by atoms with Gasteiger partial charge in [-0.3, -0.25) is 9.36 Å². The van der Waals surface area contributed by atoms with Crippen LogP contribution in [0.5, 0.6) is 0 Å². The van der Waals surface area contributed by atoms with E-state index in [1.807, 2.05) is 23.1 Å². The summed E-state index contributed by atoms with van der Waals surface area (Å²) in [6, 6.07) is 11.0. The fourth-order valence-electron chi connectivity index (χ4n) is 3.13. The third-order valence-corrected chi connectivity index (χ3v) is 4.58. The first kappa shape index (κ1) is 15.4. The van der Waals surface area contributed by atoms with Crippen LogP contribution >= 0.6 is 0 Å². The number of rotatable bonds is 2. The van der Waals surface area contributed by atoms with Gasteiger partial charge in [-0.15, -0.1) is 0 Å². The largest absolute Gasteiger partial charge is 0.419 e. The quantitative estimate of drug-likeness (QED) is 0.708. The first-order chi connectivity index (χ1) is 12.1. The third kappa shape index (κ3) is 2.77. The van der Waals surface area contributed by atoms with Crippen molar-refractivity contribution < 1.29 is 9.21 Å². The van der Waals surface area contributed by atoms with Gasteiger partial charge in [0.2, 0.25) is 0 Å². The number of carbonyl (C=O) groups is 1. The minimum absolute atomic E-state index is 0.0472. The Kier molecular flexibility index (Phi) is 3.76. The molecule has 4 rings (SSSR count). The number of pyridine rings is 1. The van der Waals surface area contributed by atoms with E-state index < -0.39 is 5.76 Å². The number of oxazole rings is 1. The normalized spacial score (nSPS) is 14.9. The Morgan fingerprint density at radius 1 is 1.12 bits per heavy atom. The number of aromatic nitrogens is 2. The smallest absolute Gasteiger partial charge is 0.408 e. The molecule has 0 bridgehead atoms. The van der Waals surface area contributed by atoms with Gasteiger partial charge in [-0.25, -0.2) is 9.78 Å². The molecule has 1 aliphatic rings. The predicted molar refractivity (Wildman–Crippen MR) is 93.8 cm³/mol. The van der Waals surface area contributed by atoms with Gasteiger partial charge in [-0.05, 0) is 30.3 Å². The van der Waals surface area contributed by atoms with Crippen molar-refractivity contribution in [2.75, 3.05) is 31.1 Å². The van der Waals surface area contributed by atoms with Crippen LogP contribution in [0.1, 0.15) is 10.4 Å². The maximum Gasteiger partial charge on any atom is 0.419 e. The monoisotopic (exact) mass is 338 g/mol. The summed E-state index contributed by atoms with van der Waals surface area (Å²) >= 11 is 0. The second-order valence-corrected chi connectivity index (χ2v) is 6.08. The molecule has 3 heterocycles. The molecule has 1 aromatic carbocycles. The fourth-order valence-corrected chi connectivity index (χ4v) is 3.13. The Bertz CT molecular complexity index is 969. The van der Waals surface area contributed by atoms with Crippen molar-refractivity contribution >= 4 is 22.8 Å². The van der Waals surface area contributed by atoms with E-state index in [2.05, 4.69) is 9.88 Å². The minimum atomic E-state index is -0.427. The Morgan fingerprint density at radius 2 is 1.92 bits per heavy atom. The van der Waals surface area contributed by atoms with E-state index in [4.69, 9.17) is 4.42 Å². The molecule has 7 nitrogen and oxygen atoms in total. The van der Waals surface area contributed by atoms with E-state index in [1.165, 1.54) is 4.57 Å². The van der Waals surface area contributed by atoms with Gasteiger partial charge in [0, 0.05) is 45.0 Å². The lowest BCUT2D eigenvalue weighted by atomic mass is 10.1. The van der Waals surface area contributed by atoms with Gasteiger partial charge in [-0.2, -0.15) is 0 Å². The molecule has 0 radical (unpaired) electrons. The van der Waals surface area contributed by atoms with Crippen LogP contribution in [0.15, 0.2) is 51.8 Å². The van der Waals surface area contributed by atoms with Crippen LogP contribution in [0.4, 0.5) is 5.82 Å². The van der Waals surface area contributed by atoms with E-state index in [0.29, 0.717) is 29.8 Å². The maximum atomic E-state index is 12.7. The highest BCUT2D eigenvalue weighted by Gasteiger charge is 2.23. The Labute approximate surface area is 144 Å².